The number of morpholine rings is 1. The highest BCUT2D eigenvalue weighted by Crippen LogP contribution is 2.29. The first-order valence-electron chi connectivity index (χ1n) is 5.11. The van der Waals surface area contributed by atoms with Crippen molar-refractivity contribution in [3.8, 4) is 0 Å². The molecule has 3 heteroatoms. The molecule has 1 atom stereocenters. The third kappa shape index (κ3) is 1.92. The van der Waals surface area contributed by atoms with Crippen LogP contribution in [0.2, 0.25) is 0 Å². The number of ether oxygens (including phenoxy) is 1. The molecule has 0 bridgehead atoms. The first kappa shape index (κ1) is 9.16. The van der Waals surface area contributed by atoms with E-state index in [4.69, 9.17) is 4.74 Å². The molecule has 0 aromatic rings. The molecule has 0 radical (unpaired) electrons. The first-order valence-corrected chi connectivity index (χ1v) is 5.11. The van der Waals surface area contributed by atoms with E-state index >= 15 is 0 Å². The number of likely N-dealkylation sites (N-methyl/N-ethyl adjacent to an activating group) is 1. The van der Waals surface area contributed by atoms with Crippen LogP contribution in [-0.4, -0.2) is 43.5 Å². The molecule has 0 aromatic carbocycles. The quantitative estimate of drug-likeness (QED) is 0.630. The SMILES string of the molecule is CN1CCOC(C(=O)C2CCC2)C1. The lowest BCUT2D eigenvalue weighted by molar-refractivity contribution is -0.142. The number of ketones is 1. The summed E-state index contributed by atoms with van der Waals surface area (Å²) in [5.41, 5.74) is 0. The van der Waals surface area contributed by atoms with Gasteiger partial charge in [-0.3, -0.25) is 4.79 Å². The van der Waals surface area contributed by atoms with Crippen molar-refractivity contribution in [2.24, 2.45) is 5.92 Å². The molecule has 0 spiro atoms. The van der Waals surface area contributed by atoms with E-state index in [9.17, 15) is 4.79 Å². The molecule has 1 saturated carbocycles. The Morgan fingerprint density at radius 1 is 1.46 bits per heavy atom. The molecule has 1 saturated heterocycles. The summed E-state index contributed by atoms with van der Waals surface area (Å²) < 4.78 is 5.48. The van der Waals surface area contributed by atoms with Crippen molar-refractivity contribution in [3.05, 3.63) is 0 Å². The Labute approximate surface area is 79.0 Å². The fourth-order valence-electron chi connectivity index (χ4n) is 1.91. The summed E-state index contributed by atoms with van der Waals surface area (Å²) in [6, 6.07) is 0. The zero-order chi connectivity index (χ0) is 9.26. The van der Waals surface area contributed by atoms with E-state index in [1.807, 2.05) is 7.05 Å². The molecule has 1 aliphatic carbocycles. The average molecular weight is 183 g/mol. The molecule has 0 aromatic heterocycles. The highest BCUT2D eigenvalue weighted by atomic mass is 16.5. The van der Waals surface area contributed by atoms with Crippen LogP contribution < -0.4 is 0 Å². The standard InChI is InChI=1S/C10H17NO2/c1-11-5-6-13-9(7-11)10(12)8-3-2-4-8/h8-9H,2-7H2,1H3. The molecular weight excluding hydrogens is 166 g/mol. The van der Waals surface area contributed by atoms with Crippen LogP contribution in [0, 0.1) is 5.92 Å². The third-order valence-corrected chi connectivity index (χ3v) is 3.09. The van der Waals surface area contributed by atoms with Crippen molar-refractivity contribution >= 4 is 5.78 Å². The Hall–Kier alpha value is -0.410. The number of Topliss-reactive ketones (excluding diaryl/α,β-unsaturated/α-hetero) is 1. The number of carbonyl (C=O) groups is 1. The number of nitrogens with zero attached hydrogens (tertiary/aromatic N) is 1. The minimum absolute atomic E-state index is 0.135. The zero-order valence-electron chi connectivity index (χ0n) is 8.16. The summed E-state index contributed by atoms with van der Waals surface area (Å²) in [4.78, 5) is 13.9. The Bertz CT molecular complexity index is 201. The first-order chi connectivity index (χ1) is 6.27. The molecule has 2 aliphatic rings. The molecule has 1 aliphatic heterocycles. The minimum Gasteiger partial charge on any atom is -0.368 e. The fourth-order valence-corrected chi connectivity index (χ4v) is 1.91. The van der Waals surface area contributed by atoms with E-state index in [0.29, 0.717) is 18.3 Å². The molecule has 2 fully saturated rings. The van der Waals surface area contributed by atoms with Crippen molar-refractivity contribution < 1.29 is 9.53 Å². The predicted octanol–water partition coefficient (Wildman–Crippen LogP) is 0.686. The number of hydrogen-bond acceptors (Lipinski definition) is 3. The van der Waals surface area contributed by atoms with Crippen LogP contribution in [-0.2, 0) is 9.53 Å². The van der Waals surface area contributed by atoms with Crippen molar-refractivity contribution in [2.45, 2.75) is 25.4 Å². The maximum atomic E-state index is 11.8. The highest BCUT2D eigenvalue weighted by Gasteiger charge is 2.33. The number of rotatable bonds is 2. The van der Waals surface area contributed by atoms with Crippen molar-refractivity contribution in [1.82, 2.24) is 4.90 Å². The molecular formula is C10H17NO2. The average Bonchev–Trinajstić information content (AvgIpc) is 2.01. The Balaban J connectivity index is 1.87. The lowest BCUT2D eigenvalue weighted by Crippen LogP contribution is -2.47. The number of carbonyl (C=O) groups excluding carboxylic acids is 1. The van der Waals surface area contributed by atoms with Gasteiger partial charge in [0.05, 0.1) is 6.61 Å². The maximum absolute atomic E-state index is 11.8. The van der Waals surface area contributed by atoms with E-state index in [-0.39, 0.29) is 6.10 Å². The summed E-state index contributed by atoms with van der Waals surface area (Å²) in [5, 5.41) is 0. The van der Waals surface area contributed by atoms with Crippen LogP contribution >= 0.6 is 0 Å². The van der Waals surface area contributed by atoms with Gasteiger partial charge in [0.15, 0.2) is 5.78 Å². The van der Waals surface area contributed by atoms with Crippen molar-refractivity contribution in [3.63, 3.8) is 0 Å². The smallest absolute Gasteiger partial charge is 0.165 e. The summed E-state index contributed by atoms with van der Waals surface area (Å²) in [6.45, 7) is 2.45. The molecule has 0 amide bonds. The zero-order valence-corrected chi connectivity index (χ0v) is 8.16. The normalized spacial score (nSPS) is 31.3. The van der Waals surface area contributed by atoms with Crippen LogP contribution in [0.3, 0.4) is 0 Å². The van der Waals surface area contributed by atoms with E-state index in [2.05, 4.69) is 4.90 Å². The Kier molecular flexibility index (Phi) is 2.65. The summed E-state index contributed by atoms with van der Waals surface area (Å²) >= 11 is 0. The second-order valence-electron chi connectivity index (χ2n) is 4.15. The Morgan fingerprint density at radius 3 is 2.77 bits per heavy atom. The number of hydrogen-bond donors (Lipinski definition) is 0. The van der Waals surface area contributed by atoms with Gasteiger partial charge in [0.25, 0.3) is 0 Å². The van der Waals surface area contributed by atoms with Crippen LogP contribution in [0.25, 0.3) is 0 Å². The Morgan fingerprint density at radius 2 is 2.23 bits per heavy atom. The van der Waals surface area contributed by atoms with Gasteiger partial charge in [-0.1, -0.05) is 6.42 Å². The van der Waals surface area contributed by atoms with Gasteiger partial charge >= 0.3 is 0 Å². The monoisotopic (exact) mass is 183 g/mol. The topological polar surface area (TPSA) is 29.5 Å². The molecule has 0 N–H and O–H groups in total. The van der Waals surface area contributed by atoms with E-state index < -0.39 is 0 Å². The predicted molar refractivity (Wildman–Crippen MR) is 49.6 cm³/mol. The van der Waals surface area contributed by atoms with Gasteiger partial charge in [0, 0.05) is 19.0 Å². The van der Waals surface area contributed by atoms with Gasteiger partial charge in [-0.25, -0.2) is 0 Å². The van der Waals surface area contributed by atoms with Crippen LogP contribution in [0.1, 0.15) is 19.3 Å². The van der Waals surface area contributed by atoms with Gasteiger partial charge in [0.1, 0.15) is 6.10 Å². The van der Waals surface area contributed by atoms with Gasteiger partial charge in [-0.05, 0) is 19.9 Å². The summed E-state index contributed by atoms with van der Waals surface area (Å²) in [5.74, 6) is 0.661. The molecule has 1 unspecified atom stereocenters. The molecule has 74 valence electrons. The summed E-state index contributed by atoms with van der Waals surface area (Å²) in [6.07, 6.45) is 3.26. The van der Waals surface area contributed by atoms with Crippen LogP contribution in [0.5, 0.6) is 0 Å². The second-order valence-corrected chi connectivity index (χ2v) is 4.15. The van der Waals surface area contributed by atoms with Gasteiger partial charge in [-0.15, -0.1) is 0 Å². The lowest BCUT2D eigenvalue weighted by Gasteiger charge is -2.33. The second kappa shape index (κ2) is 3.76. The minimum atomic E-state index is -0.135. The van der Waals surface area contributed by atoms with Crippen molar-refractivity contribution in [2.75, 3.05) is 26.7 Å². The summed E-state index contributed by atoms with van der Waals surface area (Å²) in [7, 11) is 2.05. The van der Waals surface area contributed by atoms with Gasteiger partial charge in [-0.2, -0.15) is 0 Å². The van der Waals surface area contributed by atoms with Gasteiger partial charge < -0.3 is 9.64 Å². The third-order valence-electron chi connectivity index (χ3n) is 3.09. The molecule has 2 rings (SSSR count). The fraction of sp³-hybridized carbons (Fsp3) is 0.900. The van der Waals surface area contributed by atoms with Gasteiger partial charge in [0.2, 0.25) is 0 Å². The lowest BCUT2D eigenvalue weighted by atomic mass is 9.80. The van der Waals surface area contributed by atoms with Crippen LogP contribution in [0.15, 0.2) is 0 Å². The maximum Gasteiger partial charge on any atom is 0.165 e. The molecule has 13 heavy (non-hydrogen) atoms. The molecule has 1 heterocycles. The van der Waals surface area contributed by atoms with E-state index in [1.165, 1.54) is 6.42 Å². The highest BCUT2D eigenvalue weighted by molar-refractivity contribution is 5.86. The van der Waals surface area contributed by atoms with Crippen LogP contribution in [0.4, 0.5) is 0 Å². The largest absolute Gasteiger partial charge is 0.368 e. The molecule has 3 nitrogen and oxygen atoms in total. The van der Waals surface area contributed by atoms with E-state index in [0.717, 1.165) is 25.9 Å². The van der Waals surface area contributed by atoms with E-state index in [1.54, 1.807) is 0 Å². The van der Waals surface area contributed by atoms with Crippen molar-refractivity contribution in [1.29, 1.82) is 0 Å².